The molecule has 0 fully saturated rings. The van der Waals surface area contributed by atoms with Gasteiger partial charge in [0.05, 0.1) is 13.7 Å². The first kappa shape index (κ1) is 12.7. The number of carboxylic acid groups (broad SMARTS) is 1. The minimum Gasteiger partial charge on any atom is -0.493 e. The summed E-state index contributed by atoms with van der Waals surface area (Å²) in [6.07, 6.45) is 1.04. The van der Waals surface area contributed by atoms with Crippen molar-refractivity contribution in [2.24, 2.45) is 5.73 Å². The number of hydrogen-bond acceptors (Lipinski definition) is 4. The third-order valence-corrected chi connectivity index (χ3v) is 3.34. The van der Waals surface area contributed by atoms with Crippen LogP contribution in [0.5, 0.6) is 11.5 Å². The predicted octanol–water partition coefficient (Wildman–Crippen LogP) is 1.28. The lowest BCUT2D eigenvalue weighted by Crippen LogP contribution is -2.42. The number of hydrogen-bond donors (Lipinski definition) is 2. The van der Waals surface area contributed by atoms with E-state index >= 15 is 0 Å². The van der Waals surface area contributed by atoms with Crippen LogP contribution in [-0.2, 0) is 16.8 Å². The third-order valence-electron chi connectivity index (χ3n) is 3.34. The van der Waals surface area contributed by atoms with Gasteiger partial charge in [-0.2, -0.15) is 0 Å². The van der Waals surface area contributed by atoms with Crippen molar-refractivity contribution in [3.05, 3.63) is 23.3 Å². The van der Waals surface area contributed by atoms with Gasteiger partial charge in [0.25, 0.3) is 0 Å². The zero-order valence-electron chi connectivity index (χ0n) is 10.5. The molecule has 0 aliphatic heterocycles. The number of methoxy groups -OCH3 is 1. The van der Waals surface area contributed by atoms with Crippen molar-refractivity contribution in [2.75, 3.05) is 13.7 Å². The Hall–Kier alpha value is -1.75. The lowest BCUT2D eigenvalue weighted by atomic mass is 9.93. The molecule has 98 valence electrons. The second-order valence-corrected chi connectivity index (χ2v) is 4.37. The average Bonchev–Trinajstić information content (AvgIpc) is 2.68. The molecular weight excluding hydrogens is 234 g/mol. The van der Waals surface area contributed by atoms with Crippen LogP contribution >= 0.6 is 0 Å². The van der Waals surface area contributed by atoms with E-state index in [4.69, 9.17) is 15.2 Å². The fraction of sp³-hybridized carbons (Fsp3) is 0.462. The van der Waals surface area contributed by atoms with Crippen LogP contribution in [-0.4, -0.2) is 24.8 Å². The zero-order valence-corrected chi connectivity index (χ0v) is 10.5. The predicted molar refractivity (Wildman–Crippen MR) is 66.0 cm³/mol. The summed E-state index contributed by atoms with van der Waals surface area (Å²) in [4.78, 5) is 11.3. The SMILES string of the molecule is CCOc1cc2c(cc1OC)CCC2(N)C(=O)O. The molecule has 0 saturated carbocycles. The quantitative estimate of drug-likeness (QED) is 0.842. The molecule has 0 aromatic heterocycles. The molecular formula is C13H17NO4. The Balaban J connectivity index is 2.53. The second-order valence-electron chi connectivity index (χ2n) is 4.37. The van der Waals surface area contributed by atoms with Crippen LogP contribution in [0.25, 0.3) is 0 Å². The number of fused-ring (bicyclic) bond motifs is 1. The molecule has 2 rings (SSSR count). The topological polar surface area (TPSA) is 81.8 Å². The summed E-state index contributed by atoms with van der Waals surface area (Å²) in [7, 11) is 1.56. The van der Waals surface area contributed by atoms with Crippen LogP contribution in [0.3, 0.4) is 0 Å². The zero-order chi connectivity index (χ0) is 13.3. The average molecular weight is 251 g/mol. The van der Waals surface area contributed by atoms with Gasteiger partial charge in [0.15, 0.2) is 11.5 Å². The minimum atomic E-state index is -1.31. The van der Waals surface area contributed by atoms with E-state index in [1.807, 2.05) is 13.0 Å². The normalized spacial score (nSPS) is 21.5. The van der Waals surface area contributed by atoms with Crippen LogP contribution in [0.1, 0.15) is 24.5 Å². The Labute approximate surface area is 106 Å². The molecule has 0 radical (unpaired) electrons. The van der Waals surface area contributed by atoms with Gasteiger partial charge < -0.3 is 20.3 Å². The number of aliphatic carboxylic acids is 1. The largest absolute Gasteiger partial charge is 0.493 e. The summed E-state index contributed by atoms with van der Waals surface area (Å²) in [6, 6.07) is 3.51. The number of nitrogens with two attached hydrogens (primary N) is 1. The number of ether oxygens (including phenoxy) is 2. The van der Waals surface area contributed by atoms with Crippen LogP contribution < -0.4 is 15.2 Å². The number of carboxylic acids is 1. The van der Waals surface area contributed by atoms with Crippen LogP contribution in [0.4, 0.5) is 0 Å². The van der Waals surface area contributed by atoms with E-state index in [0.717, 1.165) is 5.56 Å². The van der Waals surface area contributed by atoms with Crippen molar-refractivity contribution < 1.29 is 19.4 Å². The Kier molecular flexibility index (Phi) is 3.17. The molecule has 0 spiro atoms. The van der Waals surface area contributed by atoms with Crippen molar-refractivity contribution in [1.82, 2.24) is 0 Å². The molecule has 0 bridgehead atoms. The highest BCUT2D eigenvalue weighted by molar-refractivity contribution is 5.82. The molecule has 5 nitrogen and oxygen atoms in total. The molecule has 0 saturated heterocycles. The van der Waals surface area contributed by atoms with Gasteiger partial charge in [0, 0.05) is 0 Å². The van der Waals surface area contributed by atoms with Crippen LogP contribution in [0.2, 0.25) is 0 Å². The van der Waals surface area contributed by atoms with Gasteiger partial charge in [0.2, 0.25) is 0 Å². The van der Waals surface area contributed by atoms with Gasteiger partial charge in [-0.15, -0.1) is 0 Å². The van der Waals surface area contributed by atoms with E-state index in [2.05, 4.69) is 0 Å². The summed E-state index contributed by atoms with van der Waals surface area (Å²) < 4.78 is 10.7. The molecule has 0 amide bonds. The number of carbonyl (C=O) groups is 1. The van der Waals surface area contributed by atoms with E-state index < -0.39 is 11.5 Å². The van der Waals surface area contributed by atoms with Crippen molar-refractivity contribution in [2.45, 2.75) is 25.3 Å². The van der Waals surface area contributed by atoms with E-state index in [1.54, 1.807) is 13.2 Å². The van der Waals surface area contributed by atoms with Gasteiger partial charge in [-0.1, -0.05) is 0 Å². The highest BCUT2D eigenvalue weighted by Gasteiger charge is 2.42. The Morgan fingerprint density at radius 3 is 2.78 bits per heavy atom. The van der Waals surface area contributed by atoms with Gasteiger partial charge in [0.1, 0.15) is 5.54 Å². The summed E-state index contributed by atoms with van der Waals surface area (Å²) in [5.74, 6) is 0.149. The maximum atomic E-state index is 11.3. The fourth-order valence-electron chi connectivity index (χ4n) is 2.34. The molecule has 1 aromatic rings. The lowest BCUT2D eigenvalue weighted by Gasteiger charge is -2.21. The molecule has 3 N–H and O–H groups in total. The van der Waals surface area contributed by atoms with Gasteiger partial charge >= 0.3 is 5.97 Å². The van der Waals surface area contributed by atoms with E-state index in [0.29, 0.717) is 36.5 Å². The Bertz CT molecular complexity index is 486. The third kappa shape index (κ3) is 1.80. The molecule has 1 atom stereocenters. The molecule has 1 aliphatic carbocycles. The maximum Gasteiger partial charge on any atom is 0.328 e. The molecule has 0 heterocycles. The molecule has 1 aliphatic rings. The van der Waals surface area contributed by atoms with Crippen molar-refractivity contribution in [1.29, 1.82) is 0 Å². The summed E-state index contributed by atoms with van der Waals surface area (Å²) in [6.45, 7) is 2.35. The van der Waals surface area contributed by atoms with E-state index in [1.165, 1.54) is 0 Å². The van der Waals surface area contributed by atoms with Crippen LogP contribution in [0.15, 0.2) is 12.1 Å². The van der Waals surface area contributed by atoms with Gasteiger partial charge in [-0.05, 0) is 43.0 Å². The Morgan fingerprint density at radius 2 is 2.22 bits per heavy atom. The fourth-order valence-corrected chi connectivity index (χ4v) is 2.34. The van der Waals surface area contributed by atoms with Gasteiger partial charge in [-0.25, -0.2) is 4.79 Å². The van der Waals surface area contributed by atoms with Crippen LogP contribution in [0, 0.1) is 0 Å². The first-order valence-corrected chi connectivity index (χ1v) is 5.89. The van der Waals surface area contributed by atoms with E-state index in [-0.39, 0.29) is 0 Å². The number of rotatable bonds is 4. The smallest absolute Gasteiger partial charge is 0.328 e. The Morgan fingerprint density at radius 1 is 1.50 bits per heavy atom. The lowest BCUT2D eigenvalue weighted by molar-refractivity contribution is -0.143. The number of aryl methyl sites for hydroxylation is 1. The van der Waals surface area contributed by atoms with Crippen molar-refractivity contribution in [3.8, 4) is 11.5 Å². The monoisotopic (exact) mass is 251 g/mol. The standard InChI is InChI=1S/C13H17NO4/c1-3-18-11-7-9-8(6-10(11)17-2)4-5-13(9,14)12(15)16/h6-7H,3-5,14H2,1-2H3,(H,15,16). The first-order chi connectivity index (χ1) is 8.52. The summed E-state index contributed by atoms with van der Waals surface area (Å²) >= 11 is 0. The first-order valence-electron chi connectivity index (χ1n) is 5.89. The van der Waals surface area contributed by atoms with Crippen molar-refractivity contribution in [3.63, 3.8) is 0 Å². The molecule has 1 unspecified atom stereocenters. The van der Waals surface area contributed by atoms with E-state index in [9.17, 15) is 9.90 Å². The minimum absolute atomic E-state index is 0.399. The summed E-state index contributed by atoms with van der Waals surface area (Å²) in [5.41, 5.74) is 6.20. The molecule has 1 aromatic carbocycles. The second kappa shape index (κ2) is 4.49. The highest BCUT2D eigenvalue weighted by Crippen LogP contribution is 2.41. The highest BCUT2D eigenvalue weighted by atomic mass is 16.5. The van der Waals surface area contributed by atoms with Gasteiger partial charge in [-0.3, -0.25) is 0 Å². The molecule has 18 heavy (non-hydrogen) atoms. The van der Waals surface area contributed by atoms with Crippen molar-refractivity contribution >= 4 is 5.97 Å². The molecule has 5 heteroatoms. The number of benzene rings is 1. The summed E-state index contributed by atoms with van der Waals surface area (Å²) in [5, 5.41) is 9.27. The maximum absolute atomic E-state index is 11.3.